The van der Waals surface area contributed by atoms with E-state index < -0.39 is 10.0 Å². The minimum Gasteiger partial charge on any atom is -0.352 e. The maximum atomic E-state index is 13.0. The van der Waals surface area contributed by atoms with E-state index in [9.17, 15) is 17.6 Å². The van der Waals surface area contributed by atoms with Crippen LogP contribution in [0.25, 0.3) is 0 Å². The van der Waals surface area contributed by atoms with Gasteiger partial charge in [0.1, 0.15) is 10.7 Å². The largest absolute Gasteiger partial charge is 0.352 e. The van der Waals surface area contributed by atoms with E-state index in [1.165, 1.54) is 34.6 Å². The molecule has 8 heteroatoms. The summed E-state index contributed by atoms with van der Waals surface area (Å²) in [5.41, 5.74) is 1.13. The van der Waals surface area contributed by atoms with Gasteiger partial charge in [-0.05, 0) is 61.1 Å². The van der Waals surface area contributed by atoms with Crippen molar-refractivity contribution in [2.45, 2.75) is 31.1 Å². The Labute approximate surface area is 175 Å². The molecule has 0 aromatic heterocycles. The molecule has 0 spiro atoms. The van der Waals surface area contributed by atoms with Crippen molar-refractivity contribution in [2.75, 3.05) is 19.6 Å². The zero-order valence-corrected chi connectivity index (χ0v) is 17.8. The topological polar surface area (TPSA) is 66.5 Å². The van der Waals surface area contributed by atoms with Gasteiger partial charge in [0, 0.05) is 25.2 Å². The van der Waals surface area contributed by atoms with Crippen LogP contribution in [0.3, 0.4) is 0 Å². The molecule has 2 aromatic carbocycles. The SMILES string of the molecule is CC1CCCN(S(=O)(=O)c2cc(C(=O)NCCc3ccc(F)cc3)ccc2Cl)C1. The Bertz CT molecular complexity index is 980. The predicted molar refractivity (Wildman–Crippen MR) is 111 cm³/mol. The zero-order chi connectivity index (χ0) is 21.0. The van der Waals surface area contributed by atoms with Gasteiger partial charge in [0.15, 0.2) is 0 Å². The number of hydrogen-bond donors (Lipinski definition) is 1. The smallest absolute Gasteiger partial charge is 0.251 e. The van der Waals surface area contributed by atoms with Crippen molar-refractivity contribution in [1.82, 2.24) is 9.62 Å². The molecule has 1 aliphatic heterocycles. The predicted octanol–water partition coefficient (Wildman–Crippen LogP) is 3.87. The van der Waals surface area contributed by atoms with Gasteiger partial charge in [0.25, 0.3) is 5.91 Å². The molecular formula is C21H24ClFN2O3S. The molecule has 1 heterocycles. The van der Waals surface area contributed by atoms with E-state index in [0.29, 0.717) is 26.1 Å². The first-order valence-corrected chi connectivity index (χ1v) is 11.4. The van der Waals surface area contributed by atoms with Crippen molar-refractivity contribution in [1.29, 1.82) is 0 Å². The first-order valence-electron chi connectivity index (χ1n) is 9.59. The Morgan fingerprint density at radius 3 is 2.66 bits per heavy atom. The quantitative estimate of drug-likeness (QED) is 0.744. The summed E-state index contributed by atoms with van der Waals surface area (Å²) in [5, 5.41) is 2.87. The van der Waals surface area contributed by atoms with Gasteiger partial charge in [-0.25, -0.2) is 12.8 Å². The molecule has 3 rings (SSSR count). The summed E-state index contributed by atoms with van der Waals surface area (Å²) in [7, 11) is -3.76. The lowest BCUT2D eigenvalue weighted by Gasteiger charge is -2.30. The summed E-state index contributed by atoms with van der Waals surface area (Å²) < 4.78 is 40.5. The highest BCUT2D eigenvalue weighted by Crippen LogP contribution is 2.29. The van der Waals surface area contributed by atoms with Crippen LogP contribution in [0.4, 0.5) is 4.39 Å². The van der Waals surface area contributed by atoms with Crippen LogP contribution in [0, 0.1) is 11.7 Å². The Kier molecular flexibility index (Phi) is 6.93. The maximum absolute atomic E-state index is 13.0. The lowest BCUT2D eigenvalue weighted by molar-refractivity contribution is 0.0954. The molecule has 0 bridgehead atoms. The second kappa shape index (κ2) is 9.24. The minimum absolute atomic E-state index is 0.0422. The van der Waals surface area contributed by atoms with Crippen molar-refractivity contribution in [3.05, 3.63) is 64.4 Å². The van der Waals surface area contributed by atoms with Gasteiger partial charge >= 0.3 is 0 Å². The number of benzene rings is 2. The Balaban J connectivity index is 1.70. The van der Waals surface area contributed by atoms with E-state index in [1.807, 2.05) is 6.92 Å². The molecule has 1 unspecified atom stereocenters. The Morgan fingerprint density at radius 1 is 1.24 bits per heavy atom. The van der Waals surface area contributed by atoms with Gasteiger partial charge in [0.05, 0.1) is 5.02 Å². The number of piperidine rings is 1. The lowest BCUT2D eigenvalue weighted by atomic mass is 10.0. The first kappa shape index (κ1) is 21.7. The van der Waals surface area contributed by atoms with E-state index in [4.69, 9.17) is 11.6 Å². The van der Waals surface area contributed by atoms with Crippen molar-refractivity contribution in [2.24, 2.45) is 5.92 Å². The summed E-state index contributed by atoms with van der Waals surface area (Å²) in [5.74, 6) is -0.404. The second-order valence-corrected chi connectivity index (χ2v) is 9.70. The molecule has 29 heavy (non-hydrogen) atoms. The molecule has 0 aliphatic carbocycles. The monoisotopic (exact) mass is 438 g/mol. The second-order valence-electron chi connectivity index (χ2n) is 7.39. The summed E-state index contributed by atoms with van der Waals surface area (Å²) >= 11 is 6.17. The van der Waals surface area contributed by atoms with Crippen LogP contribution in [0.15, 0.2) is 47.4 Å². The van der Waals surface area contributed by atoms with E-state index in [1.54, 1.807) is 12.1 Å². The van der Waals surface area contributed by atoms with Gasteiger partial charge in [-0.3, -0.25) is 4.79 Å². The maximum Gasteiger partial charge on any atom is 0.251 e. The van der Waals surface area contributed by atoms with Crippen molar-refractivity contribution >= 4 is 27.5 Å². The van der Waals surface area contributed by atoms with Gasteiger partial charge in [-0.2, -0.15) is 4.31 Å². The third-order valence-corrected chi connectivity index (χ3v) is 7.39. The van der Waals surface area contributed by atoms with Crippen molar-refractivity contribution in [3.8, 4) is 0 Å². The number of rotatable bonds is 6. The number of hydrogen-bond acceptors (Lipinski definition) is 3. The molecule has 1 amide bonds. The molecule has 1 atom stereocenters. The molecule has 0 radical (unpaired) electrons. The van der Waals surface area contributed by atoms with Crippen LogP contribution in [0.1, 0.15) is 35.7 Å². The molecule has 0 saturated carbocycles. The minimum atomic E-state index is -3.76. The van der Waals surface area contributed by atoms with Crippen LogP contribution < -0.4 is 5.32 Å². The summed E-state index contributed by atoms with van der Waals surface area (Å²) in [6.45, 7) is 3.27. The third-order valence-electron chi connectivity index (χ3n) is 5.04. The number of amides is 1. The molecule has 1 aliphatic rings. The number of halogens is 2. The van der Waals surface area contributed by atoms with E-state index in [-0.39, 0.29) is 33.1 Å². The van der Waals surface area contributed by atoms with Gasteiger partial charge in [0.2, 0.25) is 10.0 Å². The Morgan fingerprint density at radius 2 is 1.97 bits per heavy atom. The standard InChI is InChI=1S/C21H24ClFN2O3S/c1-15-3-2-12-25(14-15)29(27,28)20-13-17(6-9-19(20)22)21(26)24-11-10-16-4-7-18(23)8-5-16/h4-9,13,15H,2-3,10-12,14H2,1H3,(H,24,26). The highest BCUT2D eigenvalue weighted by atomic mass is 35.5. The van der Waals surface area contributed by atoms with E-state index >= 15 is 0 Å². The third kappa shape index (κ3) is 5.35. The summed E-state index contributed by atoms with van der Waals surface area (Å²) in [4.78, 5) is 12.4. The molecule has 5 nitrogen and oxygen atoms in total. The van der Waals surface area contributed by atoms with Crippen LogP contribution in [0.5, 0.6) is 0 Å². The first-order chi connectivity index (χ1) is 13.8. The van der Waals surface area contributed by atoms with Crippen LogP contribution in [0.2, 0.25) is 5.02 Å². The average Bonchev–Trinajstić information content (AvgIpc) is 2.69. The number of nitrogens with zero attached hydrogens (tertiary/aromatic N) is 1. The number of nitrogens with one attached hydrogen (secondary N) is 1. The van der Waals surface area contributed by atoms with Gasteiger partial charge in [-0.15, -0.1) is 0 Å². The van der Waals surface area contributed by atoms with E-state index in [2.05, 4.69) is 5.32 Å². The highest BCUT2D eigenvalue weighted by Gasteiger charge is 2.30. The molecule has 1 fully saturated rings. The van der Waals surface area contributed by atoms with Crippen LogP contribution in [-0.4, -0.2) is 38.3 Å². The number of sulfonamides is 1. The number of carbonyl (C=O) groups excluding carboxylic acids is 1. The fourth-order valence-corrected chi connectivity index (χ4v) is 5.52. The summed E-state index contributed by atoms with van der Waals surface area (Å²) in [6.07, 6.45) is 2.34. The van der Waals surface area contributed by atoms with Crippen molar-refractivity contribution in [3.63, 3.8) is 0 Å². The summed E-state index contributed by atoms with van der Waals surface area (Å²) in [6, 6.07) is 10.3. The molecule has 2 aromatic rings. The highest BCUT2D eigenvalue weighted by molar-refractivity contribution is 7.89. The van der Waals surface area contributed by atoms with E-state index in [0.717, 1.165) is 18.4 Å². The van der Waals surface area contributed by atoms with Crippen LogP contribution in [-0.2, 0) is 16.4 Å². The average molecular weight is 439 g/mol. The molecule has 1 saturated heterocycles. The normalized spacial score (nSPS) is 17.8. The molecule has 156 valence electrons. The van der Waals surface area contributed by atoms with Crippen LogP contribution >= 0.6 is 11.6 Å². The fraction of sp³-hybridized carbons (Fsp3) is 0.381. The number of carbonyl (C=O) groups is 1. The fourth-order valence-electron chi connectivity index (χ4n) is 3.42. The lowest BCUT2D eigenvalue weighted by Crippen LogP contribution is -2.39. The van der Waals surface area contributed by atoms with Gasteiger partial charge in [-0.1, -0.05) is 30.7 Å². The van der Waals surface area contributed by atoms with Gasteiger partial charge < -0.3 is 5.32 Å². The zero-order valence-electron chi connectivity index (χ0n) is 16.2. The molecule has 1 N–H and O–H groups in total. The Hall–Kier alpha value is -1.96. The van der Waals surface area contributed by atoms with Crippen molar-refractivity contribution < 1.29 is 17.6 Å². The molecular weight excluding hydrogens is 415 g/mol.